The Labute approximate surface area is 123 Å². The second-order valence-electron chi connectivity index (χ2n) is 4.71. The molecule has 2 rings (SSSR count). The van der Waals surface area contributed by atoms with Gasteiger partial charge in [-0.2, -0.15) is 5.10 Å². The third kappa shape index (κ3) is 4.01. The van der Waals surface area contributed by atoms with E-state index in [-0.39, 0.29) is 5.69 Å². The fraction of sp³-hybridized carbons (Fsp3) is 0.429. The van der Waals surface area contributed by atoms with Crippen LogP contribution in [0, 0.1) is 13.8 Å². The number of nitrogens with one attached hydrogen (secondary N) is 1. The third-order valence-electron chi connectivity index (χ3n) is 2.99. The maximum atomic E-state index is 11.4. The number of rotatable bonds is 6. The zero-order valence-electron chi connectivity index (χ0n) is 12.5. The van der Waals surface area contributed by atoms with Gasteiger partial charge in [-0.1, -0.05) is 0 Å². The predicted molar refractivity (Wildman–Crippen MR) is 78.2 cm³/mol. The van der Waals surface area contributed by atoms with Gasteiger partial charge in [-0.05, 0) is 26.3 Å². The van der Waals surface area contributed by atoms with Crippen molar-refractivity contribution in [1.29, 1.82) is 0 Å². The second kappa shape index (κ2) is 6.83. The van der Waals surface area contributed by atoms with E-state index in [1.165, 1.54) is 13.3 Å². The summed E-state index contributed by atoms with van der Waals surface area (Å²) in [5, 5.41) is 7.54. The minimum absolute atomic E-state index is 0.195. The van der Waals surface area contributed by atoms with E-state index in [2.05, 4.69) is 31.2 Å². The van der Waals surface area contributed by atoms with Crippen LogP contribution in [0.5, 0.6) is 0 Å². The summed E-state index contributed by atoms with van der Waals surface area (Å²) < 4.78 is 6.59. The number of nitrogens with zero attached hydrogens (tertiary/aromatic N) is 4. The smallest absolute Gasteiger partial charge is 0.358 e. The Morgan fingerprint density at radius 3 is 2.86 bits per heavy atom. The Hall–Kier alpha value is -2.44. The average Bonchev–Trinajstić information content (AvgIpc) is 2.81. The first kappa shape index (κ1) is 15.0. The number of aromatic nitrogens is 4. The number of anilines is 1. The number of aryl methyl sites for hydroxylation is 3. The number of esters is 1. The van der Waals surface area contributed by atoms with Crippen LogP contribution in [-0.2, 0) is 11.3 Å². The summed E-state index contributed by atoms with van der Waals surface area (Å²) >= 11 is 0. The quantitative estimate of drug-likeness (QED) is 0.642. The van der Waals surface area contributed by atoms with Crippen LogP contribution in [0.15, 0.2) is 18.5 Å². The van der Waals surface area contributed by atoms with Crippen molar-refractivity contribution < 1.29 is 9.53 Å². The van der Waals surface area contributed by atoms with E-state index in [0.29, 0.717) is 5.82 Å². The van der Waals surface area contributed by atoms with Crippen LogP contribution in [0.25, 0.3) is 0 Å². The lowest BCUT2D eigenvalue weighted by atomic mass is 10.4. The van der Waals surface area contributed by atoms with Crippen LogP contribution in [0.3, 0.4) is 0 Å². The first-order valence-electron chi connectivity index (χ1n) is 6.75. The summed E-state index contributed by atoms with van der Waals surface area (Å²) in [5.41, 5.74) is 2.37. The standard InChI is InChI=1S/C14H19N5O2/c1-10-7-11(2)19(18-10)6-4-5-16-13-9-15-8-12(17-13)14(20)21-3/h7-9H,4-6H2,1-3H3,(H,16,17). The van der Waals surface area contributed by atoms with Crippen molar-refractivity contribution in [3.05, 3.63) is 35.5 Å². The van der Waals surface area contributed by atoms with E-state index in [1.807, 2.05) is 18.5 Å². The molecule has 0 fully saturated rings. The van der Waals surface area contributed by atoms with Gasteiger partial charge in [-0.15, -0.1) is 0 Å². The zero-order chi connectivity index (χ0) is 15.2. The lowest BCUT2D eigenvalue weighted by Gasteiger charge is -2.07. The lowest BCUT2D eigenvalue weighted by molar-refractivity contribution is 0.0593. The van der Waals surface area contributed by atoms with Gasteiger partial charge in [-0.3, -0.25) is 9.67 Å². The number of hydrogen-bond donors (Lipinski definition) is 1. The number of hydrogen-bond acceptors (Lipinski definition) is 6. The minimum Gasteiger partial charge on any atom is -0.464 e. The van der Waals surface area contributed by atoms with Crippen molar-refractivity contribution >= 4 is 11.8 Å². The highest BCUT2D eigenvalue weighted by molar-refractivity contribution is 5.87. The molecule has 7 heteroatoms. The van der Waals surface area contributed by atoms with Gasteiger partial charge in [0, 0.05) is 18.8 Å². The highest BCUT2D eigenvalue weighted by atomic mass is 16.5. The molecule has 0 atom stereocenters. The Kier molecular flexibility index (Phi) is 4.86. The van der Waals surface area contributed by atoms with Gasteiger partial charge in [-0.25, -0.2) is 9.78 Å². The molecule has 1 N–H and O–H groups in total. The van der Waals surface area contributed by atoms with Gasteiger partial charge in [0.15, 0.2) is 5.69 Å². The minimum atomic E-state index is -0.492. The molecule has 2 aromatic heterocycles. The molecule has 0 radical (unpaired) electrons. The summed E-state index contributed by atoms with van der Waals surface area (Å²) in [7, 11) is 1.32. The fourth-order valence-electron chi connectivity index (χ4n) is 2.00. The van der Waals surface area contributed by atoms with Crippen LogP contribution >= 0.6 is 0 Å². The third-order valence-corrected chi connectivity index (χ3v) is 2.99. The van der Waals surface area contributed by atoms with Crippen molar-refractivity contribution in [1.82, 2.24) is 19.7 Å². The molecule has 7 nitrogen and oxygen atoms in total. The molecule has 2 aromatic rings. The molecule has 2 heterocycles. The molecule has 0 aromatic carbocycles. The number of ether oxygens (including phenoxy) is 1. The van der Waals surface area contributed by atoms with E-state index >= 15 is 0 Å². The predicted octanol–water partition coefficient (Wildman–Crippen LogP) is 1.58. The van der Waals surface area contributed by atoms with Gasteiger partial charge in [0.05, 0.1) is 25.2 Å². The molecule has 0 aliphatic carbocycles. The molecule has 0 amide bonds. The Morgan fingerprint density at radius 2 is 2.19 bits per heavy atom. The van der Waals surface area contributed by atoms with E-state index in [9.17, 15) is 4.79 Å². The van der Waals surface area contributed by atoms with Crippen LogP contribution in [-0.4, -0.2) is 39.4 Å². The molecule has 112 valence electrons. The highest BCUT2D eigenvalue weighted by Crippen LogP contribution is 2.05. The number of carbonyl (C=O) groups is 1. The molecular weight excluding hydrogens is 270 g/mol. The lowest BCUT2D eigenvalue weighted by Crippen LogP contribution is -2.12. The fourth-order valence-corrected chi connectivity index (χ4v) is 2.00. The van der Waals surface area contributed by atoms with Gasteiger partial charge in [0.25, 0.3) is 0 Å². The monoisotopic (exact) mass is 289 g/mol. The van der Waals surface area contributed by atoms with E-state index < -0.39 is 5.97 Å². The van der Waals surface area contributed by atoms with Crippen molar-refractivity contribution in [3.63, 3.8) is 0 Å². The largest absolute Gasteiger partial charge is 0.464 e. The summed E-state index contributed by atoms with van der Waals surface area (Å²) in [5.74, 6) is 0.0695. The normalized spacial score (nSPS) is 10.4. The van der Waals surface area contributed by atoms with Crippen LogP contribution in [0.4, 0.5) is 5.82 Å². The van der Waals surface area contributed by atoms with Crippen molar-refractivity contribution in [2.45, 2.75) is 26.8 Å². The van der Waals surface area contributed by atoms with Gasteiger partial charge >= 0.3 is 5.97 Å². The van der Waals surface area contributed by atoms with Crippen molar-refractivity contribution in [2.24, 2.45) is 0 Å². The molecule has 0 bridgehead atoms. The highest BCUT2D eigenvalue weighted by Gasteiger charge is 2.08. The maximum absolute atomic E-state index is 11.4. The molecule has 21 heavy (non-hydrogen) atoms. The van der Waals surface area contributed by atoms with Crippen molar-refractivity contribution in [3.8, 4) is 0 Å². The Balaban J connectivity index is 1.83. The van der Waals surface area contributed by atoms with Gasteiger partial charge in [0.1, 0.15) is 5.82 Å². The van der Waals surface area contributed by atoms with Crippen molar-refractivity contribution in [2.75, 3.05) is 19.0 Å². The first-order chi connectivity index (χ1) is 10.1. The Morgan fingerprint density at radius 1 is 1.38 bits per heavy atom. The molecule has 0 spiro atoms. The number of methoxy groups -OCH3 is 1. The maximum Gasteiger partial charge on any atom is 0.358 e. The molecule has 0 aliphatic rings. The molecular formula is C14H19N5O2. The van der Waals surface area contributed by atoms with Crippen LogP contribution < -0.4 is 5.32 Å². The van der Waals surface area contributed by atoms with Crippen LogP contribution in [0.1, 0.15) is 28.3 Å². The molecule has 0 saturated carbocycles. The summed E-state index contributed by atoms with van der Waals surface area (Å²) in [6, 6.07) is 2.05. The van der Waals surface area contributed by atoms with Crippen LogP contribution in [0.2, 0.25) is 0 Å². The molecule has 0 aliphatic heterocycles. The molecule has 0 unspecified atom stereocenters. The summed E-state index contributed by atoms with van der Waals surface area (Å²) in [4.78, 5) is 19.5. The van der Waals surface area contributed by atoms with E-state index in [0.717, 1.165) is 30.9 Å². The first-order valence-corrected chi connectivity index (χ1v) is 6.75. The molecule has 0 saturated heterocycles. The van der Waals surface area contributed by atoms with E-state index in [1.54, 1.807) is 6.20 Å². The second-order valence-corrected chi connectivity index (χ2v) is 4.71. The van der Waals surface area contributed by atoms with E-state index in [4.69, 9.17) is 0 Å². The average molecular weight is 289 g/mol. The van der Waals surface area contributed by atoms with Gasteiger partial charge < -0.3 is 10.1 Å². The summed E-state index contributed by atoms with van der Waals surface area (Å²) in [6.45, 7) is 5.57. The Bertz CT molecular complexity index is 624. The zero-order valence-corrected chi connectivity index (χ0v) is 12.5. The van der Waals surface area contributed by atoms with Gasteiger partial charge in [0.2, 0.25) is 0 Å². The number of carbonyl (C=O) groups excluding carboxylic acids is 1. The topological polar surface area (TPSA) is 81.9 Å². The SMILES string of the molecule is COC(=O)c1cncc(NCCCn2nc(C)cc2C)n1. The summed E-state index contributed by atoms with van der Waals surface area (Å²) in [6.07, 6.45) is 3.86.